The summed E-state index contributed by atoms with van der Waals surface area (Å²) in [4.78, 5) is 13.7. The lowest BCUT2D eigenvalue weighted by Gasteiger charge is -2.22. The van der Waals surface area contributed by atoms with Crippen molar-refractivity contribution < 1.29 is 9.53 Å². The molecule has 0 aromatic carbocycles. The van der Waals surface area contributed by atoms with Crippen molar-refractivity contribution in [3.63, 3.8) is 0 Å². The Labute approximate surface area is 157 Å². The normalized spacial score (nSPS) is 11.0. The van der Waals surface area contributed by atoms with Crippen LogP contribution in [0.3, 0.4) is 0 Å². The van der Waals surface area contributed by atoms with Gasteiger partial charge in [0, 0.05) is 12.6 Å². The average Bonchev–Trinajstić information content (AvgIpc) is 2.63. The number of carbonyl (C=O) groups excluding carboxylic acids is 1. The van der Waals surface area contributed by atoms with Crippen LogP contribution >= 0.6 is 0 Å². The second-order valence-electron chi connectivity index (χ2n) is 7.10. The minimum atomic E-state index is -0.307. The number of hydrogen-bond acceptors (Lipinski definition) is 3. The third kappa shape index (κ3) is 17.8. The molecule has 0 aliphatic carbocycles. The standard InChI is InChI=1S/C22H43NO2/c1-4-7-9-11-13-15-18-23(19-16-14-12-10-8-5-2)20-17-21-25-22(24)6-3/h6H,3-5,7-21H2,1-2H3. The first-order valence-electron chi connectivity index (χ1n) is 10.8. The van der Waals surface area contributed by atoms with Gasteiger partial charge in [-0.2, -0.15) is 0 Å². The van der Waals surface area contributed by atoms with Crippen LogP contribution in [0, 0.1) is 0 Å². The molecular weight excluding hydrogens is 310 g/mol. The maximum atomic E-state index is 11.1. The predicted octanol–water partition coefficient (Wildman–Crippen LogP) is 6.13. The van der Waals surface area contributed by atoms with Gasteiger partial charge in [0.05, 0.1) is 6.61 Å². The minimum absolute atomic E-state index is 0.307. The van der Waals surface area contributed by atoms with E-state index in [1.165, 1.54) is 96.2 Å². The molecule has 3 nitrogen and oxygen atoms in total. The van der Waals surface area contributed by atoms with Crippen LogP contribution in [-0.2, 0) is 9.53 Å². The Morgan fingerprint density at radius 1 is 0.760 bits per heavy atom. The van der Waals surface area contributed by atoms with Gasteiger partial charge in [-0.3, -0.25) is 0 Å². The second kappa shape index (κ2) is 19.5. The van der Waals surface area contributed by atoms with Crippen LogP contribution in [0.4, 0.5) is 0 Å². The third-order valence-corrected chi connectivity index (χ3v) is 4.69. The van der Waals surface area contributed by atoms with E-state index in [0.717, 1.165) is 13.0 Å². The fourth-order valence-corrected chi connectivity index (χ4v) is 3.09. The maximum Gasteiger partial charge on any atom is 0.330 e. The highest BCUT2D eigenvalue weighted by Gasteiger charge is 2.05. The number of ether oxygens (including phenoxy) is 1. The Balaban J connectivity index is 3.87. The predicted molar refractivity (Wildman–Crippen MR) is 109 cm³/mol. The van der Waals surface area contributed by atoms with Crippen molar-refractivity contribution in [1.29, 1.82) is 0 Å². The highest BCUT2D eigenvalue weighted by molar-refractivity contribution is 5.81. The molecule has 0 bridgehead atoms. The molecule has 0 spiro atoms. The van der Waals surface area contributed by atoms with Crippen molar-refractivity contribution in [3.8, 4) is 0 Å². The summed E-state index contributed by atoms with van der Waals surface area (Å²) in [5, 5.41) is 0. The van der Waals surface area contributed by atoms with Crippen molar-refractivity contribution in [2.45, 2.75) is 97.3 Å². The van der Waals surface area contributed by atoms with Gasteiger partial charge in [0.2, 0.25) is 0 Å². The molecule has 0 radical (unpaired) electrons. The molecule has 0 aliphatic heterocycles. The molecule has 25 heavy (non-hydrogen) atoms. The van der Waals surface area contributed by atoms with E-state index in [1.54, 1.807) is 0 Å². The number of carbonyl (C=O) groups is 1. The largest absolute Gasteiger partial charge is 0.462 e. The summed E-state index contributed by atoms with van der Waals surface area (Å²) < 4.78 is 5.10. The number of nitrogens with zero attached hydrogens (tertiary/aromatic N) is 1. The van der Waals surface area contributed by atoms with E-state index < -0.39 is 0 Å². The molecule has 0 unspecified atom stereocenters. The van der Waals surface area contributed by atoms with Crippen molar-refractivity contribution in [1.82, 2.24) is 4.90 Å². The monoisotopic (exact) mass is 353 g/mol. The van der Waals surface area contributed by atoms with Crippen LogP contribution in [0.1, 0.15) is 97.3 Å². The molecule has 3 heteroatoms. The number of hydrogen-bond donors (Lipinski definition) is 0. The lowest BCUT2D eigenvalue weighted by atomic mass is 10.1. The van der Waals surface area contributed by atoms with Gasteiger partial charge < -0.3 is 9.64 Å². The van der Waals surface area contributed by atoms with Crippen LogP contribution in [0.2, 0.25) is 0 Å². The average molecular weight is 354 g/mol. The van der Waals surface area contributed by atoms with Gasteiger partial charge in [0.1, 0.15) is 0 Å². The molecule has 0 N–H and O–H groups in total. The Bertz CT molecular complexity index is 288. The summed E-state index contributed by atoms with van der Waals surface area (Å²) >= 11 is 0. The summed E-state index contributed by atoms with van der Waals surface area (Å²) in [5.74, 6) is -0.307. The summed E-state index contributed by atoms with van der Waals surface area (Å²) in [5.41, 5.74) is 0. The van der Waals surface area contributed by atoms with Gasteiger partial charge in [0.25, 0.3) is 0 Å². The Hall–Kier alpha value is -0.830. The fraction of sp³-hybridized carbons (Fsp3) is 0.864. The van der Waals surface area contributed by atoms with Crippen molar-refractivity contribution >= 4 is 5.97 Å². The zero-order valence-electron chi connectivity index (χ0n) is 17.1. The van der Waals surface area contributed by atoms with Crippen LogP contribution in [0.15, 0.2) is 12.7 Å². The Morgan fingerprint density at radius 3 is 1.68 bits per heavy atom. The molecule has 0 rings (SSSR count). The first-order chi connectivity index (χ1) is 12.2. The van der Waals surface area contributed by atoms with Gasteiger partial charge in [-0.1, -0.05) is 84.6 Å². The molecule has 0 aromatic rings. The van der Waals surface area contributed by atoms with E-state index in [1.807, 2.05) is 0 Å². The van der Waals surface area contributed by atoms with Crippen molar-refractivity contribution in [2.75, 3.05) is 26.2 Å². The van der Waals surface area contributed by atoms with Gasteiger partial charge in [-0.25, -0.2) is 4.79 Å². The Kier molecular flexibility index (Phi) is 18.8. The number of rotatable bonds is 19. The maximum absolute atomic E-state index is 11.1. The van der Waals surface area contributed by atoms with Gasteiger partial charge in [-0.05, 0) is 32.4 Å². The summed E-state index contributed by atoms with van der Waals surface area (Å²) in [6.07, 6.45) is 18.3. The van der Waals surface area contributed by atoms with Gasteiger partial charge in [0.15, 0.2) is 0 Å². The fourth-order valence-electron chi connectivity index (χ4n) is 3.09. The zero-order valence-corrected chi connectivity index (χ0v) is 17.1. The minimum Gasteiger partial charge on any atom is -0.462 e. The van der Waals surface area contributed by atoms with Crippen molar-refractivity contribution in [3.05, 3.63) is 12.7 Å². The van der Waals surface area contributed by atoms with Crippen LogP contribution in [0.5, 0.6) is 0 Å². The van der Waals surface area contributed by atoms with Crippen LogP contribution in [0.25, 0.3) is 0 Å². The van der Waals surface area contributed by atoms with E-state index in [4.69, 9.17) is 4.74 Å². The summed E-state index contributed by atoms with van der Waals surface area (Å²) in [6.45, 7) is 11.9. The Morgan fingerprint density at radius 2 is 1.20 bits per heavy atom. The molecule has 0 fully saturated rings. The van der Waals surface area contributed by atoms with E-state index in [-0.39, 0.29) is 5.97 Å². The van der Waals surface area contributed by atoms with Gasteiger partial charge in [-0.15, -0.1) is 0 Å². The molecule has 0 aromatic heterocycles. The quantitative estimate of drug-likeness (QED) is 0.159. The molecular formula is C22H43NO2. The molecule has 0 heterocycles. The highest BCUT2D eigenvalue weighted by atomic mass is 16.5. The van der Waals surface area contributed by atoms with Crippen LogP contribution < -0.4 is 0 Å². The van der Waals surface area contributed by atoms with Gasteiger partial charge >= 0.3 is 5.97 Å². The molecule has 0 amide bonds. The topological polar surface area (TPSA) is 29.5 Å². The number of esters is 1. The first kappa shape index (κ1) is 24.2. The van der Waals surface area contributed by atoms with E-state index in [0.29, 0.717) is 6.61 Å². The smallest absolute Gasteiger partial charge is 0.330 e. The van der Waals surface area contributed by atoms with E-state index in [9.17, 15) is 4.79 Å². The molecule has 148 valence electrons. The van der Waals surface area contributed by atoms with E-state index >= 15 is 0 Å². The molecule has 0 aliphatic rings. The third-order valence-electron chi connectivity index (χ3n) is 4.69. The lowest BCUT2D eigenvalue weighted by Crippen LogP contribution is -2.28. The SMILES string of the molecule is C=CC(=O)OCCCN(CCCCCCCC)CCCCCCCC. The highest BCUT2D eigenvalue weighted by Crippen LogP contribution is 2.09. The number of unbranched alkanes of at least 4 members (excludes halogenated alkanes) is 10. The summed E-state index contributed by atoms with van der Waals surface area (Å²) in [6, 6.07) is 0. The van der Waals surface area contributed by atoms with Crippen molar-refractivity contribution in [2.24, 2.45) is 0 Å². The van der Waals surface area contributed by atoms with Crippen LogP contribution in [-0.4, -0.2) is 37.1 Å². The zero-order chi connectivity index (χ0) is 18.6. The first-order valence-corrected chi connectivity index (χ1v) is 10.8. The molecule has 0 atom stereocenters. The second-order valence-corrected chi connectivity index (χ2v) is 7.10. The lowest BCUT2D eigenvalue weighted by molar-refractivity contribution is -0.137. The summed E-state index contributed by atoms with van der Waals surface area (Å²) in [7, 11) is 0. The van der Waals surface area contributed by atoms with E-state index in [2.05, 4.69) is 25.3 Å². The molecule has 0 saturated carbocycles. The molecule has 0 saturated heterocycles.